The minimum atomic E-state index is -0.188. The number of aromatic amines is 1. The molecule has 0 aliphatic heterocycles. The fourth-order valence-corrected chi connectivity index (χ4v) is 2.68. The van der Waals surface area contributed by atoms with Gasteiger partial charge in [0, 0.05) is 29.2 Å². The Morgan fingerprint density at radius 3 is 2.82 bits per heavy atom. The summed E-state index contributed by atoms with van der Waals surface area (Å²) < 4.78 is 0. The molecule has 1 aliphatic rings. The third-order valence-corrected chi connectivity index (χ3v) is 3.99. The standard InChI is InChI=1S/C16H16ClN3O2/c17-12-4-2-11(3-5-12)15-14(8-18-20-15)16(22)19-13-6-1-10(7-13)9-21/h1-6,8,10,13,21H,7,9H2,(H,18,20)(H,19,22)/t10-,13+/m0/s1. The number of benzene rings is 1. The van der Waals surface area contributed by atoms with Gasteiger partial charge in [-0.3, -0.25) is 9.89 Å². The van der Waals surface area contributed by atoms with Crippen molar-refractivity contribution in [3.05, 3.63) is 53.2 Å². The van der Waals surface area contributed by atoms with Crippen LogP contribution in [0.2, 0.25) is 5.02 Å². The Bertz CT molecular complexity index is 694. The fraction of sp³-hybridized carbons (Fsp3) is 0.250. The van der Waals surface area contributed by atoms with Crippen molar-refractivity contribution >= 4 is 17.5 Å². The summed E-state index contributed by atoms with van der Waals surface area (Å²) in [7, 11) is 0. The van der Waals surface area contributed by atoms with E-state index in [1.165, 1.54) is 6.20 Å². The van der Waals surface area contributed by atoms with Crippen LogP contribution in [-0.4, -0.2) is 33.9 Å². The summed E-state index contributed by atoms with van der Waals surface area (Å²) in [6.45, 7) is 0.102. The zero-order valence-electron chi connectivity index (χ0n) is 11.8. The van der Waals surface area contributed by atoms with Gasteiger partial charge in [0.2, 0.25) is 0 Å². The molecule has 1 aliphatic carbocycles. The summed E-state index contributed by atoms with van der Waals surface area (Å²) in [4.78, 5) is 12.4. The van der Waals surface area contributed by atoms with E-state index in [1.807, 2.05) is 24.3 Å². The summed E-state index contributed by atoms with van der Waals surface area (Å²) in [5, 5.41) is 19.5. The summed E-state index contributed by atoms with van der Waals surface area (Å²) in [6, 6.07) is 7.15. The lowest BCUT2D eigenvalue weighted by Crippen LogP contribution is -2.33. The largest absolute Gasteiger partial charge is 0.396 e. The van der Waals surface area contributed by atoms with E-state index >= 15 is 0 Å². The molecule has 3 rings (SSSR count). The maximum atomic E-state index is 12.4. The normalized spacial score (nSPS) is 20.3. The Morgan fingerprint density at radius 2 is 2.14 bits per heavy atom. The fourth-order valence-electron chi connectivity index (χ4n) is 2.56. The number of carbonyl (C=O) groups excluding carboxylic acids is 1. The van der Waals surface area contributed by atoms with Gasteiger partial charge in [-0.15, -0.1) is 0 Å². The topological polar surface area (TPSA) is 78.0 Å². The number of carbonyl (C=O) groups is 1. The zero-order valence-corrected chi connectivity index (χ0v) is 12.5. The lowest BCUT2D eigenvalue weighted by molar-refractivity contribution is 0.0942. The first-order valence-electron chi connectivity index (χ1n) is 7.06. The highest BCUT2D eigenvalue weighted by Gasteiger charge is 2.22. The third-order valence-electron chi connectivity index (χ3n) is 3.74. The zero-order chi connectivity index (χ0) is 15.5. The van der Waals surface area contributed by atoms with Gasteiger partial charge in [0.05, 0.1) is 17.5 Å². The molecule has 6 heteroatoms. The van der Waals surface area contributed by atoms with Crippen LogP contribution in [0, 0.1) is 5.92 Å². The van der Waals surface area contributed by atoms with E-state index in [1.54, 1.807) is 12.1 Å². The molecule has 0 saturated carbocycles. The van der Waals surface area contributed by atoms with Crippen molar-refractivity contribution in [1.82, 2.24) is 15.5 Å². The molecule has 1 aromatic heterocycles. The van der Waals surface area contributed by atoms with E-state index in [0.717, 1.165) is 12.0 Å². The van der Waals surface area contributed by atoms with Crippen LogP contribution in [0.15, 0.2) is 42.6 Å². The van der Waals surface area contributed by atoms with Gasteiger partial charge >= 0.3 is 0 Å². The quantitative estimate of drug-likeness (QED) is 0.758. The van der Waals surface area contributed by atoms with Gasteiger partial charge in [0.1, 0.15) is 0 Å². The highest BCUT2D eigenvalue weighted by molar-refractivity contribution is 6.30. The molecule has 1 amide bonds. The van der Waals surface area contributed by atoms with Gasteiger partial charge in [-0.25, -0.2) is 0 Å². The minimum Gasteiger partial charge on any atom is -0.396 e. The Labute approximate surface area is 133 Å². The van der Waals surface area contributed by atoms with Crippen molar-refractivity contribution in [2.45, 2.75) is 12.5 Å². The Balaban J connectivity index is 1.76. The molecule has 2 aromatic rings. The number of hydrogen-bond donors (Lipinski definition) is 3. The number of rotatable bonds is 4. The van der Waals surface area contributed by atoms with Crippen molar-refractivity contribution in [2.24, 2.45) is 5.92 Å². The van der Waals surface area contributed by atoms with Crippen LogP contribution in [0.5, 0.6) is 0 Å². The molecule has 2 atom stereocenters. The molecule has 0 bridgehead atoms. The second kappa shape index (κ2) is 6.34. The summed E-state index contributed by atoms with van der Waals surface area (Å²) in [6.07, 6.45) is 6.08. The van der Waals surface area contributed by atoms with E-state index in [2.05, 4.69) is 15.5 Å². The number of halogens is 1. The van der Waals surface area contributed by atoms with Crippen LogP contribution < -0.4 is 5.32 Å². The lowest BCUT2D eigenvalue weighted by atomic mass is 10.1. The second-order valence-corrected chi connectivity index (χ2v) is 5.75. The van der Waals surface area contributed by atoms with Crippen LogP contribution in [-0.2, 0) is 0 Å². The molecule has 0 unspecified atom stereocenters. The number of aliphatic hydroxyl groups is 1. The molecular weight excluding hydrogens is 302 g/mol. The summed E-state index contributed by atoms with van der Waals surface area (Å²) >= 11 is 5.88. The average molecular weight is 318 g/mol. The van der Waals surface area contributed by atoms with Gasteiger partial charge in [0.15, 0.2) is 0 Å². The van der Waals surface area contributed by atoms with Crippen molar-refractivity contribution in [3.8, 4) is 11.3 Å². The van der Waals surface area contributed by atoms with Crippen molar-refractivity contribution in [3.63, 3.8) is 0 Å². The SMILES string of the molecule is O=C(N[C@@H]1C=C[C@H](CO)C1)c1cn[nH]c1-c1ccc(Cl)cc1. The van der Waals surface area contributed by atoms with E-state index in [9.17, 15) is 4.79 Å². The maximum absolute atomic E-state index is 12.4. The number of H-pyrrole nitrogens is 1. The number of aliphatic hydroxyl groups excluding tert-OH is 1. The molecule has 1 heterocycles. The van der Waals surface area contributed by atoms with Gasteiger partial charge in [0.25, 0.3) is 5.91 Å². The van der Waals surface area contributed by atoms with Crippen LogP contribution in [0.4, 0.5) is 0 Å². The molecule has 0 fully saturated rings. The molecule has 0 saturated heterocycles. The number of nitrogens with one attached hydrogen (secondary N) is 2. The van der Waals surface area contributed by atoms with Crippen LogP contribution in [0.3, 0.4) is 0 Å². The van der Waals surface area contributed by atoms with E-state index in [-0.39, 0.29) is 24.5 Å². The Morgan fingerprint density at radius 1 is 1.36 bits per heavy atom. The van der Waals surface area contributed by atoms with Crippen molar-refractivity contribution < 1.29 is 9.90 Å². The molecular formula is C16H16ClN3O2. The summed E-state index contributed by atoms with van der Waals surface area (Å²) in [5.74, 6) is -0.0719. The predicted molar refractivity (Wildman–Crippen MR) is 84.6 cm³/mol. The predicted octanol–water partition coefficient (Wildman–Crippen LogP) is 2.40. The Kier molecular flexibility index (Phi) is 4.27. The van der Waals surface area contributed by atoms with Crippen LogP contribution in [0.25, 0.3) is 11.3 Å². The van der Waals surface area contributed by atoms with Crippen LogP contribution in [0.1, 0.15) is 16.8 Å². The maximum Gasteiger partial charge on any atom is 0.255 e. The molecule has 0 spiro atoms. The van der Waals surface area contributed by atoms with Crippen LogP contribution >= 0.6 is 11.6 Å². The van der Waals surface area contributed by atoms with Gasteiger partial charge in [-0.1, -0.05) is 35.9 Å². The minimum absolute atomic E-state index is 0.0578. The number of aromatic nitrogens is 2. The number of hydrogen-bond acceptors (Lipinski definition) is 3. The molecule has 22 heavy (non-hydrogen) atoms. The lowest BCUT2D eigenvalue weighted by Gasteiger charge is -2.12. The first kappa shape index (κ1) is 14.8. The second-order valence-electron chi connectivity index (χ2n) is 5.31. The van der Waals surface area contributed by atoms with E-state index < -0.39 is 0 Å². The van der Waals surface area contributed by atoms with E-state index in [0.29, 0.717) is 16.3 Å². The smallest absolute Gasteiger partial charge is 0.255 e. The molecule has 0 radical (unpaired) electrons. The number of nitrogens with zero attached hydrogens (tertiary/aromatic N) is 1. The number of amides is 1. The average Bonchev–Trinajstić information content (AvgIpc) is 3.16. The first-order valence-corrected chi connectivity index (χ1v) is 7.44. The van der Waals surface area contributed by atoms with Gasteiger partial charge < -0.3 is 10.4 Å². The van der Waals surface area contributed by atoms with Crippen molar-refractivity contribution in [2.75, 3.05) is 6.61 Å². The molecule has 5 nitrogen and oxygen atoms in total. The monoisotopic (exact) mass is 317 g/mol. The highest BCUT2D eigenvalue weighted by atomic mass is 35.5. The Hall–Kier alpha value is -2.11. The molecule has 1 aromatic carbocycles. The van der Waals surface area contributed by atoms with Gasteiger partial charge in [-0.05, 0) is 18.6 Å². The van der Waals surface area contributed by atoms with Gasteiger partial charge in [-0.2, -0.15) is 5.10 Å². The highest BCUT2D eigenvalue weighted by Crippen LogP contribution is 2.24. The first-order chi connectivity index (χ1) is 10.7. The molecule has 114 valence electrons. The third kappa shape index (κ3) is 3.05. The van der Waals surface area contributed by atoms with Crippen molar-refractivity contribution in [1.29, 1.82) is 0 Å². The molecule has 3 N–H and O–H groups in total. The van der Waals surface area contributed by atoms with E-state index in [4.69, 9.17) is 16.7 Å². The summed E-state index contributed by atoms with van der Waals surface area (Å²) in [5.41, 5.74) is 2.00.